The maximum atomic E-state index is 12.7. The summed E-state index contributed by atoms with van der Waals surface area (Å²) in [4.78, 5) is 46.3. The summed E-state index contributed by atoms with van der Waals surface area (Å²) < 4.78 is 0. The number of para-hydroxylation sites is 1. The number of carboxylic acid groups (broad SMARTS) is 1. The summed E-state index contributed by atoms with van der Waals surface area (Å²) >= 11 is 0. The van der Waals surface area contributed by atoms with Gasteiger partial charge in [-0.15, -0.1) is 0 Å². The summed E-state index contributed by atoms with van der Waals surface area (Å²) in [6.45, 7) is -0.786. The first-order valence-corrected chi connectivity index (χ1v) is 9.61. The number of nitrogens with two attached hydrogens (primary N) is 1. The van der Waals surface area contributed by atoms with Gasteiger partial charge in [-0.25, -0.2) is 9.78 Å². The van der Waals surface area contributed by atoms with Crippen molar-refractivity contribution < 1.29 is 24.6 Å². The number of H-pyrrole nitrogens is 2. The largest absolute Gasteiger partial charge is 0.480 e. The minimum atomic E-state index is -1.49. The highest BCUT2D eigenvalue weighted by atomic mass is 16.4. The van der Waals surface area contributed by atoms with E-state index in [1.54, 1.807) is 6.20 Å². The zero-order valence-electron chi connectivity index (χ0n) is 16.5. The zero-order valence-corrected chi connectivity index (χ0v) is 16.5. The summed E-state index contributed by atoms with van der Waals surface area (Å²) in [6.07, 6.45) is 4.96. The van der Waals surface area contributed by atoms with Gasteiger partial charge in [-0.05, 0) is 18.1 Å². The minimum absolute atomic E-state index is 0.0369. The third kappa shape index (κ3) is 5.47. The number of carbonyl (C=O) groups is 3. The molecule has 3 atom stereocenters. The molecule has 1 aromatic carbocycles. The van der Waals surface area contributed by atoms with Crippen molar-refractivity contribution >= 4 is 28.7 Å². The second kappa shape index (κ2) is 9.87. The highest BCUT2D eigenvalue weighted by molar-refractivity contribution is 5.92. The molecule has 0 radical (unpaired) electrons. The monoisotopic (exact) mass is 428 g/mol. The number of aromatic amines is 2. The third-order valence-corrected chi connectivity index (χ3v) is 4.86. The lowest BCUT2D eigenvalue weighted by Gasteiger charge is -2.22. The first-order valence-electron chi connectivity index (χ1n) is 9.61. The summed E-state index contributed by atoms with van der Waals surface area (Å²) in [7, 11) is 0. The molecule has 2 aromatic heterocycles. The number of aromatic nitrogens is 3. The number of hydrogen-bond acceptors (Lipinski definition) is 6. The van der Waals surface area contributed by atoms with Gasteiger partial charge in [0, 0.05) is 35.4 Å². The van der Waals surface area contributed by atoms with Gasteiger partial charge in [-0.2, -0.15) is 0 Å². The predicted octanol–water partition coefficient (Wildman–Crippen LogP) is -0.950. The SMILES string of the molecule is N[C@@H](Cc1c[nH]c2ccccc12)C(=O)N[C@@H](Cc1cnc[nH]1)C(=O)N[C@@H](CO)C(=O)O. The highest BCUT2D eigenvalue weighted by Crippen LogP contribution is 2.18. The standard InChI is InChI=1S/C20H24N6O5/c21-14(5-11-7-23-15-4-2-1-3-13(11)15)18(28)25-16(6-12-8-22-10-24-12)19(29)26-17(9-27)20(30)31/h1-4,7-8,10,14,16-17,23,27H,5-6,9,21H2,(H,22,24)(H,25,28)(H,26,29)(H,30,31)/t14-,16-,17-/m0/s1. The lowest BCUT2D eigenvalue weighted by Crippen LogP contribution is -2.56. The van der Waals surface area contributed by atoms with Gasteiger partial charge in [0.2, 0.25) is 11.8 Å². The Morgan fingerprint density at radius 1 is 1.06 bits per heavy atom. The van der Waals surface area contributed by atoms with Crippen molar-refractivity contribution in [1.82, 2.24) is 25.6 Å². The summed E-state index contributed by atoms with van der Waals surface area (Å²) in [6, 6.07) is 4.06. The van der Waals surface area contributed by atoms with Gasteiger partial charge >= 0.3 is 5.97 Å². The normalized spacial score (nSPS) is 14.0. The average Bonchev–Trinajstić information content (AvgIpc) is 3.41. The molecule has 11 heteroatoms. The highest BCUT2D eigenvalue weighted by Gasteiger charge is 2.28. The molecule has 0 aliphatic carbocycles. The Hall–Kier alpha value is -3.70. The zero-order chi connectivity index (χ0) is 22.4. The Kier molecular flexibility index (Phi) is 7.00. The number of carbonyl (C=O) groups excluding carboxylic acids is 2. The van der Waals surface area contributed by atoms with E-state index >= 15 is 0 Å². The van der Waals surface area contributed by atoms with E-state index in [1.165, 1.54) is 12.5 Å². The molecule has 0 saturated heterocycles. The lowest BCUT2D eigenvalue weighted by atomic mass is 10.0. The number of amides is 2. The van der Waals surface area contributed by atoms with Gasteiger partial charge in [0.05, 0.1) is 19.0 Å². The maximum absolute atomic E-state index is 12.7. The summed E-state index contributed by atoms with van der Waals surface area (Å²) in [5.74, 6) is -2.72. The molecule has 0 unspecified atom stereocenters. The van der Waals surface area contributed by atoms with Gasteiger partial charge in [0.25, 0.3) is 0 Å². The molecular formula is C20H24N6O5. The maximum Gasteiger partial charge on any atom is 0.328 e. The van der Waals surface area contributed by atoms with E-state index in [-0.39, 0.29) is 12.8 Å². The number of nitrogens with one attached hydrogen (secondary N) is 4. The Morgan fingerprint density at radius 2 is 1.81 bits per heavy atom. The number of benzene rings is 1. The summed E-state index contributed by atoms with van der Waals surface area (Å²) in [5.41, 5.74) is 8.42. The third-order valence-electron chi connectivity index (χ3n) is 4.86. The quantitative estimate of drug-likeness (QED) is 0.217. The van der Waals surface area contributed by atoms with Crippen LogP contribution in [0.5, 0.6) is 0 Å². The van der Waals surface area contributed by atoms with E-state index in [4.69, 9.17) is 15.9 Å². The van der Waals surface area contributed by atoms with E-state index in [0.717, 1.165) is 16.5 Å². The molecule has 0 fully saturated rings. The predicted molar refractivity (Wildman–Crippen MR) is 111 cm³/mol. The number of aliphatic hydroxyl groups excluding tert-OH is 1. The molecule has 31 heavy (non-hydrogen) atoms. The van der Waals surface area contributed by atoms with Crippen LogP contribution in [0.3, 0.4) is 0 Å². The smallest absolute Gasteiger partial charge is 0.328 e. The fraction of sp³-hybridized carbons (Fsp3) is 0.300. The molecule has 11 nitrogen and oxygen atoms in total. The van der Waals surface area contributed by atoms with Crippen LogP contribution in [0.1, 0.15) is 11.3 Å². The van der Waals surface area contributed by atoms with Gasteiger partial charge < -0.3 is 36.5 Å². The molecule has 8 N–H and O–H groups in total. The van der Waals surface area contributed by atoms with Crippen LogP contribution >= 0.6 is 0 Å². The van der Waals surface area contributed by atoms with E-state index in [1.807, 2.05) is 24.3 Å². The molecule has 0 spiro atoms. The van der Waals surface area contributed by atoms with Crippen LogP contribution in [0.2, 0.25) is 0 Å². The Morgan fingerprint density at radius 3 is 2.48 bits per heavy atom. The topological polar surface area (TPSA) is 186 Å². The van der Waals surface area contributed by atoms with Crippen LogP contribution in [0.15, 0.2) is 43.0 Å². The van der Waals surface area contributed by atoms with Crippen LogP contribution in [-0.4, -0.2) is 67.7 Å². The van der Waals surface area contributed by atoms with Crippen molar-refractivity contribution in [2.45, 2.75) is 31.0 Å². The van der Waals surface area contributed by atoms with Crippen molar-refractivity contribution in [1.29, 1.82) is 0 Å². The molecule has 3 rings (SSSR count). The minimum Gasteiger partial charge on any atom is -0.480 e. The number of fused-ring (bicyclic) bond motifs is 1. The van der Waals surface area contributed by atoms with Crippen LogP contribution in [-0.2, 0) is 27.2 Å². The number of carboxylic acids is 1. The van der Waals surface area contributed by atoms with Gasteiger partial charge in [-0.1, -0.05) is 18.2 Å². The molecule has 164 valence electrons. The second-order valence-electron chi connectivity index (χ2n) is 7.09. The molecule has 3 aromatic rings. The van der Waals surface area contributed by atoms with Crippen LogP contribution < -0.4 is 16.4 Å². The number of imidazole rings is 1. The fourth-order valence-electron chi connectivity index (χ4n) is 3.19. The van der Waals surface area contributed by atoms with Crippen molar-refractivity contribution in [3.63, 3.8) is 0 Å². The van der Waals surface area contributed by atoms with Gasteiger partial charge in [0.1, 0.15) is 12.1 Å². The van der Waals surface area contributed by atoms with E-state index in [9.17, 15) is 14.4 Å². The van der Waals surface area contributed by atoms with E-state index < -0.39 is 42.5 Å². The van der Waals surface area contributed by atoms with Crippen LogP contribution in [0.25, 0.3) is 10.9 Å². The number of aliphatic carboxylic acids is 1. The van der Waals surface area contributed by atoms with Crippen molar-refractivity contribution in [2.75, 3.05) is 6.61 Å². The molecule has 2 heterocycles. The van der Waals surface area contributed by atoms with Crippen molar-refractivity contribution in [3.05, 3.63) is 54.2 Å². The second-order valence-corrected chi connectivity index (χ2v) is 7.09. The van der Waals surface area contributed by atoms with Crippen molar-refractivity contribution in [2.24, 2.45) is 5.73 Å². The number of rotatable bonds is 10. The molecule has 2 amide bonds. The first-order chi connectivity index (χ1) is 14.9. The number of hydrogen-bond donors (Lipinski definition) is 7. The average molecular weight is 428 g/mol. The molecule has 0 aliphatic rings. The van der Waals surface area contributed by atoms with Crippen LogP contribution in [0.4, 0.5) is 0 Å². The first kappa shape index (κ1) is 22.0. The van der Waals surface area contributed by atoms with Crippen LogP contribution in [0, 0.1) is 0 Å². The van der Waals surface area contributed by atoms with E-state index in [0.29, 0.717) is 5.69 Å². The van der Waals surface area contributed by atoms with Crippen molar-refractivity contribution in [3.8, 4) is 0 Å². The lowest BCUT2D eigenvalue weighted by molar-refractivity contribution is -0.143. The van der Waals surface area contributed by atoms with Gasteiger partial charge in [0.15, 0.2) is 0 Å². The number of nitrogens with zero attached hydrogens (tertiary/aromatic N) is 1. The molecular weight excluding hydrogens is 404 g/mol. The number of aliphatic hydroxyl groups is 1. The van der Waals surface area contributed by atoms with E-state index in [2.05, 4.69) is 25.6 Å². The Balaban J connectivity index is 1.70. The molecule has 0 saturated carbocycles. The van der Waals surface area contributed by atoms with Gasteiger partial charge in [-0.3, -0.25) is 9.59 Å². The summed E-state index contributed by atoms with van der Waals surface area (Å²) in [5, 5.41) is 24.0. The Bertz CT molecular complexity index is 1050. The Labute approximate surface area is 177 Å². The fourth-order valence-corrected chi connectivity index (χ4v) is 3.19. The molecule has 0 bridgehead atoms. The molecule has 0 aliphatic heterocycles.